The van der Waals surface area contributed by atoms with Gasteiger partial charge in [0.25, 0.3) is 0 Å². The number of nitrogens with one attached hydrogen (secondary N) is 1. The highest BCUT2D eigenvalue weighted by Crippen LogP contribution is 2.35. The highest BCUT2D eigenvalue weighted by atomic mass is 16.2. The third-order valence-corrected chi connectivity index (χ3v) is 4.13. The van der Waals surface area contributed by atoms with Crippen molar-refractivity contribution in [2.45, 2.75) is 37.6 Å². The van der Waals surface area contributed by atoms with Crippen LogP contribution >= 0.6 is 0 Å². The third kappa shape index (κ3) is 2.62. The molecule has 104 valence electrons. The molecule has 4 heteroatoms. The van der Waals surface area contributed by atoms with Crippen LogP contribution < -0.4 is 5.32 Å². The molecule has 1 saturated carbocycles. The highest BCUT2D eigenvalue weighted by molar-refractivity contribution is 5.79. The van der Waals surface area contributed by atoms with Crippen LogP contribution in [0.3, 0.4) is 0 Å². The molecule has 20 heavy (non-hydrogen) atoms. The topological polar surface area (TPSA) is 56.1 Å². The molecule has 0 saturated heterocycles. The molecule has 0 bridgehead atoms. The molecule has 1 fully saturated rings. The molecule has 1 aromatic carbocycles. The fourth-order valence-corrected chi connectivity index (χ4v) is 2.93. The number of carbonyl (C=O) groups excluding carboxylic acids is 1. The predicted molar refractivity (Wildman–Crippen MR) is 77.3 cm³/mol. The number of amides is 1. The van der Waals surface area contributed by atoms with Crippen molar-refractivity contribution in [1.82, 2.24) is 4.90 Å². The highest BCUT2D eigenvalue weighted by Gasteiger charge is 2.34. The fourth-order valence-electron chi connectivity index (χ4n) is 2.93. The first-order valence-electron chi connectivity index (χ1n) is 7.29. The molecule has 3 rings (SSSR count). The lowest BCUT2D eigenvalue weighted by atomic mass is 9.97. The zero-order chi connectivity index (χ0) is 13.9. The summed E-state index contributed by atoms with van der Waals surface area (Å²) in [6, 6.07) is 10.7. The number of nitrogens with zero attached hydrogens (tertiary/aromatic N) is 2. The Morgan fingerprint density at radius 2 is 2.20 bits per heavy atom. The molecular weight excluding hydrogens is 250 g/mol. The van der Waals surface area contributed by atoms with Crippen LogP contribution in [0.2, 0.25) is 0 Å². The second-order valence-electron chi connectivity index (χ2n) is 5.60. The van der Waals surface area contributed by atoms with Crippen LogP contribution in [0, 0.1) is 11.3 Å². The molecule has 0 aromatic heterocycles. The van der Waals surface area contributed by atoms with Crippen molar-refractivity contribution in [3.05, 3.63) is 29.8 Å². The minimum atomic E-state index is 0.200. The van der Waals surface area contributed by atoms with Crippen molar-refractivity contribution in [3.63, 3.8) is 0 Å². The summed E-state index contributed by atoms with van der Waals surface area (Å²) < 4.78 is 0. The van der Waals surface area contributed by atoms with Gasteiger partial charge in [-0.05, 0) is 24.5 Å². The molecule has 2 aliphatic rings. The molecule has 1 unspecified atom stereocenters. The number of anilines is 1. The molecule has 1 N–H and O–H groups in total. The van der Waals surface area contributed by atoms with E-state index in [9.17, 15) is 4.79 Å². The van der Waals surface area contributed by atoms with E-state index in [0.717, 1.165) is 25.1 Å². The number of carbonyl (C=O) groups is 1. The quantitative estimate of drug-likeness (QED) is 0.893. The standard InChI is InChI=1S/C16H19N3O/c17-8-3-9-19(13-6-7-13)16(20)10-12-11-18-15-5-2-1-4-14(12)15/h1-2,4-5,12-13,18H,3,6-7,9-11H2. The number of hydrogen-bond acceptors (Lipinski definition) is 3. The maximum absolute atomic E-state index is 12.5. The first kappa shape index (κ1) is 13.0. The second kappa shape index (κ2) is 5.54. The van der Waals surface area contributed by atoms with Gasteiger partial charge < -0.3 is 10.2 Å². The monoisotopic (exact) mass is 269 g/mol. The molecule has 4 nitrogen and oxygen atoms in total. The molecular formula is C16H19N3O. The van der Waals surface area contributed by atoms with E-state index in [1.807, 2.05) is 17.0 Å². The Bertz CT molecular complexity index is 545. The second-order valence-corrected chi connectivity index (χ2v) is 5.60. The van der Waals surface area contributed by atoms with E-state index in [1.165, 1.54) is 5.56 Å². The number of para-hydroxylation sites is 1. The first-order chi connectivity index (χ1) is 9.79. The summed E-state index contributed by atoms with van der Waals surface area (Å²) >= 11 is 0. The number of rotatable bonds is 5. The van der Waals surface area contributed by atoms with E-state index in [-0.39, 0.29) is 11.8 Å². The van der Waals surface area contributed by atoms with Crippen LogP contribution in [0.15, 0.2) is 24.3 Å². The minimum Gasteiger partial charge on any atom is -0.384 e. The van der Waals surface area contributed by atoms with Gasteiger partial charge in [-0.1, -0.05) is 18.2 Å². The average Bonchev–Trinajstić information content (AvgIpc) is 3.22. The number of hydrogen-bond donors (Lipinski definition) is 1. The van der Waals surface area contributed by atoms with Gasteiger partial charge in [0.05, 0.1) is 12.5 Å². The average molecular weight is 269 g/mol. The van der Waals surface area contributed by atoms with E-state index in [4.69, 9.17) is 5.26 Å². The van der Waals surface area contributed by atoms with Gasteiger partial charge in [0.1, 0.15) is 0 Å². The summed E-state index contributed by atoms with van der Waals surface area (Å²) in [5.41, 5.74) is 2.40. The fraction of sp³-hybridized carbons (Fsp3) is 0.500. The molecule has 1 amide bonds. The van der Waals surface area contributed by atoms with Crippen LogP contribution in [-0.2, 0) is 4.79 Å². The summed E-state index contributed by atoms with van der Waals surface area (Å²) in [7, 11) is 0. The van der Waals surface area contributed by atoms with Gasteiger partial charge in [-0.3, -0.25) is 4.79 Å². The molecule has 0 spiro atoms. The van der Waals surface area contributed by atoms with E-state index in [2.05, 4.69) is 23.5 Å². The van der Waals surface area contributed by atoms with Gasteiger partial charge in [0.2, 0.25) is 5.91 Å². The van der Waals surface area contributed by atoms with Crippen molar-refractivity contribution in [2.75, 3.05) is 18.4 Å². The summed E-state index contributed by atoms with van der Waals surface area (Å²) in [6.45, 7) is 1.42. The maximum atomic E-state index is 12.5. The first-order valence-corrected chi connectivity index (χ1v) is 7.29. The van der Waals surface area contributed by atoms with Crippen LogP contribution in [0.25, 0.3) is 0 Å². The lowest BCUT2D eigenvalue weighted by Gasteiger charge is -2.23. The van der Waals surface area contributed by atoms with Crippen LogP contribution in [0.5, 0.6) is 0 Å². The predicted octanol–water partition coefficient (Wildman–Crippen LogP) is 2.49. The zero-order valence-corrected chi connectivity index (χ0v) is 11.5. The van der Waals surface area contributed by atoms with Crippen LogP contribution in [0.4, 0.5) is 5.69 Å². The third-order valence-electron chi connectivity index (χ3n) is 4.13. The van der Waals surface area contributed by atoms with Gasteiger partial charge in [0, 0.05) is 37.2 Å². The lowest BCUT2D eigenvalue weighted by molar-refractivity contribution is -0.132. The number of nitriles is 1. The van der Waals surface area contributed by atoms with Crippen molar-refractivity contribution < 1.29 is 4.79 Å². The van der Waals surface area contributed by atoms with Crippen LogP contribution in [-0.4, -0.2) is 29.9 Å². The van der Waals surface area contributed by atoms with E-state index in [1.54, 1.807) is 0 Å². The van der Waals surface area contributed by atoms with Gasteiger partial charge in [-0.15, -0.1) is 0 Å². The van der Waals surface area contributed by atoms with Crippen molar-refractivity contribution >= 4 is 11.6 Å². The van der Waals surface area contributed by atoms with E-state index >= 15 is 0 Å². The van der Waals surface area contributed by atoms with Crippen molar-refractivity contribution in [2.24, 2.45) is 0 Å². The molecule has 1 heterocycles. The minimum absolute atomic E-state index is 0.200. The Hall–Kier alpha value is -2.02. The largest absolute Gasteiger partial charge is 0.384 e. The Morgan fingerprint density at radius 1 is 1.40 bits per heavy atom. The van der Waals surface area contributed by atoms with Gasteiger partial charge >= 0.3 is 0 Å². The lowest BCUT2D eigenvalue weighted by Crippen LogP contribution is -2.35. The van der Waals surface area contributed by atoms with Crippen LogP contribution in [0.1, 0.15) is 37.2 Å². The van der Waals surface area contributed by atoms with Gasteiger partial charge in [-0.25, -0.2) is 0 Å². The van der Waals surface area contributed by atoms with Crippen molar-refractivity contribution in [1.29, 1.82) is 5.26 Å². The van der Waals surface area contributed by atoms with E-state index in [0.29, 0.717) is 25.4 Å². The van der Waals surface area contributed by atoms with Gasteiger partial charge in [0.15, 0.2) is 0 Å². The summed E-state index contributed by atoms with van der Waals surface area (Å²) in [6.07, 6.45) is 3.17. The normalized spacial score (nSPS) is 19.9. The smallest absolute Gasteiger partial charge is 0.223 e. The zero-order valence-electron chi connectivity index (χ0n) is 11.5. The molecule has 0 radical (unpaired) electrons. The number of benzene rings is 1. The van der Waals surface area contributed by atoms with Gasteiger partial charge in [-0.2, -0.15) is 5.26 Å². The molecule has 1 atom stereocenters. The summed E-state index contributed by atoms with van der Waals surface area (Å²) in [5.74, 6) is 0.466. The SMILES string of the molecule is N#CCCN(C(=O)CC1CNc2ccccc21)C1CC1. The Kier molecular flexibility index (Phi) is 3.60. The summed E-state index contributed by atoms with van der Waals surface area (Å²) in [5, 5.41) is 12.1. The van der Waals surface area contributed by atoms with E-state index < -0.39 is 0 Å². The Morgan fingerprint density at radius 3 is 2.95 bits per heavy atom. The molecule has 1 aliphatic heterocycles. The molecule has 1 aromatic rings. The summed E-state index contributed by atoms with van der Waals surface area (Å²) in [4.78, 5) is 14.4. The Balaban J connectivity index is 1.65. The van der Waals surface area contributed by atoms with Crippen molar-refractivity contribution in [3.8, 4) is 6.07 Å². The number of fused-ring (bicyclic) bond motifs is 1. The molecule has 1 aliphatic carbocycles. The maximum Gasteiger partial charge on any atom is 0.223 e. The Labute approximate surface area is 119 Å².